The Bertz CT molecular complexity index is 464. The summed E-state index contributed by atoms with van der Waals surface area (Å²) in [5.74, 6) is 0.507. The molecule has 1 atom stereocenters. The van der Waals surface area contributed by atoms with Crippen molar-refractivity contribution in [2.45, 2.75) is 46.0 Å². The second-order valence-electron chi connectivity index (χ2n) is 5.81. The van der Waals surface area contributed by atoms with Gasteiger partial charge in [0.15, 0.2) is 0 Å². The van der Waals surface area contributed by atoms with Crippen LogP contribution in [0, 0.1) is 5.41 Å². The van der Waals surface area contributed by atoms with Crippen molar-refractivity contribution < 1.29 is 4.79 Å². The first-order valence-electron chi connectivity index (χ1n) is 6.20. The van der Waals surface area contributed by atoms with Crippen molar-refractivity contribution in [2.24, 2.45) is 5.41 Å². The van der Waals surface area contributed by atoms with Gasteiger partial charge in [0, 0.05) is 19.0 Å². The first-order valence-corrected chi connectivity index (χ1v) is 7.55. The lowest BCUT2D eigenvalue weighted by molar-refractivity contribution is 0.0537. The summed E-state index contributed by atoms with van der Waals surface area (Å²) >= 11 is 7.23. The molecule has 5 heteroatoms. The zero-order valence-corrected chi connectivity index (χ0v) is 12.9. The van der Waals surface area contributed by atoms with Crippen molar-refractivity contribution >= 4 is 28.8 Å². The molecule has 2 heterocycles. The highest BCUT2D eigenvalue weighted by Gasteiger charge is 2.35. The van der Waals surface area contributed by atoms with E-state index in [1.165, 1.54) is 11.3 Å². The average molecular weight is 287 g/mol. The van der Waals surface area contributed by atoms with E-state index in [9.17, 15) is 4.79 Å². The molecule has 100 valence electrons. The van der Waals surface area contributed by atoms with E-state index < -0.39 is 0 Å². The highest BCUT2D eigenvalue weighted by molar-refractivity contribution is 7.14. The molecule has 18 heavy (non-hydrogen) atoms. The third-order valence-electron chi connectivity index (χ3n) is 3.62. The van der Waals surface area contributed by atoms with E-state index in [1.54, 1.807) is 0 Å². The first-order chi connectivity index (χ1) is 8.34. The quantitative estimate of drug-likeness (QED) is 0.782. The minimum Gasteiger partial charge on any atom is -0.334 e. The summed E-state index contributed by atoms with van der Waals surface area (Å²) in [4.78, 5) is 19.7. The summed E-state index contributed by atoms with van der Waals surface area (Å²) < 4.78 is 0. The smallest absolute Gasteiger partial charge is 0.266 e. The van der Waals surface area contributed by atoms with E-state index in [0.717, 1.165) is 28.5 Å². The van der Waals surface area contributed by atoms with Crippen LogP contribution < -0.4 is 0 Å². The fraction of sp³-hybridized carbons (Fsp3) is 0.692. The summed E-state index contributed by atoms with van der Waals surface area (Å²) in [7, 11) is 0. The normalized spacial score (nSPS) is 17.8. The van der Waals surface area contributed by atoms with Crippen LogP contribution in [0.3, 0.4) is 0 Å². The SMILES string of the molecule is C[C@@H](N1CCc2nc(CCl)sc2C1=O)C(C)(C)C. The Labute approximate surface area is 117 Å². The van der Waals surface area contributed by atoms with Crippen molar-refractivity contribution in [1.82, 2.24) is 9.88 Å². The van der Waals surface area contributed by atoms with Crippen LogP contribution in [0.2, 0.25) is 0 Å². The van der Waals surface area contributed by atoms with Gasteiger partial charge in [-0.2, -0.15) is 0 Å². The molecule has 0 aliphatic carbocycles. The topological polar surface area (TPSA) is 33.2 Å². The van der Waals surface area contributed by atoms with E-state index in [0.29, 0.717) is 5.88 Å². The molecule has 1 aliphatic heterocycles. The van der Waals surface area contributed by atoms with Crippen LogP contribution in [0.25, 0.3) is 0 Å². The maximum Gasteiger partial charge on any atom is 0.266 e. The number of amides is 1. The zero-order chi connectivity index (χ0) is 13.5. The molecule has 1 amide bonds. The number of fused-ring (bicyclic) bond motifs is 1. The zero-order valence-electron chi connectivity index (χ0n) is 11.3. The van der Waals surface area contributed by atoms with Gasteiger partial charge in [-0.3, -0.25) is 4.79 Å². The Kier molecular flexibility index (Phi) is 3.70. The lowest BCUT2D eigenvalue weighted by atomic mass is 9.86. The van der Waals surface area contributed by atoms with Gasteiger partial charge in [0.05, 0.1) is 11.6 Å². The molecule has 1 aromatic rings. The van der Waals surface area contributed by atoms with E-state index in [2.05, 4.69) is 32.7 Å². The standard InChI is InChI=1S/C13H19ClN2OS/c1-8(13(2,3)4)16-6-5-9-11(12(16)17)18-10(7-14)15-9/h8H,5-7H2,1-4H3/t8-/m1/s1. The highest BCUT2D eigenvalue weighted by atomic mass is 35.5. The second kappa shape index (κ2) is 4.82. The number of alkyl halides is 1. The monoisotopic (exact) mass is 286 g/mol. The maximum absolute atomic E-state index is 12.5. The van der Waals surface area contributed by atoms with Crippen LogP contribution in [0.5, 0.6) is 0 Å². The highest BCUT2D eigenvalue weighted by Crippen LogP contribution is 2.31. The molecule has 0 radical (unpaired) electrons. The van der Waals surface area contributed by atoms with Crippen molar-refractivity contribution in [3.05, 3.63) is 15.6 Å². The number of rotatable bonds is 2. The number of thiazole rings is 1. The van der Waals surface area contributed by atoms with Crippen molar-refractivity contribution in [1.29, 1.82) is 0 Å². The summed E-state index contributed by atoms with van der Waals surface area (Å²) in [5, 5.41) is 0.847. The Balaban J connectivity index is 2.28. The molecule has 1 aromatic heterocycles. The van der Waals surface area contributed by atoms with Gasteiger partial charge in [0.1, 0.15) is 9.88 Å². The van der Waals surface area contributed by atoms with Gasteiger partial charge in [-0.15, -0.1) is 22.9 Å². The van der Waals surface area contributed by atoms with E-state index in [1.807, 2.05) is 4.90 Å². The molecular weight excluding hydrogens is 268 g/mol. The molecule has 0 N–H and O–H groups in total. The van der Waals surface area contributed by atoms with Gasteiger partial charge in [-0.25, -0.2) is 4.98 Å². The molecule has 1 aliphatic rings. The van der Waals surface area contributed by atoms with Gasteiger partial charge in [0.2, 0.25) is 0 Å². The predicted molar refractivity (Wildman–Crippen MR) is 75.3 cm³/mol. The number of nitrogens with zero attached hydrogens (tertiary/aromatic N) is 2. The van der Waals surface area contributed by atoms with Crippen LogP contribution >= 0.6 is 22.9 Å². The maximum atomic E-state index is 12.5. The molecule has 0 spiro atoms. The molecule has 0 unspecified atom stereocenters. The molecule has 0 bridgehead atoms. The van der Waals surface area contributed by atoms with Gasteiger partial charge >= 0.3 is 0 Å². The molecule has 0 aromatic carbocycles. The third-order valence-corrected chi connectivity index (χ3v) is 5.12. The largest absolute Gasteiger partial charge is 0.334 e. The molecule has 3 nitrogen and oxygen atoms in total. The van der Waals surface area contributed by atoms with Crippen LogP contribution in [-0.4, -0.2) is 28.4 Å². The van der Waals surface area contributed by atoms with Crippen molar-refractivity contribution in [2.75, 3.05) is 6.54 Å². The Morgan fingerprint density at radius 2 is 2.17 bits per heavy atom. The number of carbonyl (C=O) groups is 1. The molecular formula is C13H19ClN2OS. The number of halogens is 1. The molecule has 2 rings (SSSR count). The molecule has 0 saturated heterocycles. The number of carbonyl (C=O) groups excluding carboxylic acids is 1. The van der Waals surface area contributed by atoms with Crippen LogP contribution in [-0.2, 0) is 12.3 Å². The van der Waals surface area contributed by atoms with Crippen LogP contribution in [0.15, 0.2) is 0 Å². The van der Waals surface area contributed by atoms with Crippen LogP contribution in [0.1, 0.15) is 48.1 Å². The van der Waals surface area contributed by atoms with E-state index >= 15 is 0 Å². The summed E-state index contributed by atoms with van der Waals surface area (Å²) in [6, 6.07) is 0.222. The van der Waals surface area contributed by atoms with E-state index in [4.69, 9.17) is 11.6 Å². The third kappa shape index (κ3) is 2.41. The van der Waals surface area contributed by atoms with Gasteiger partial charge in [0.25, 0.3) is 5.91 Å². The van der Waals surface area contributed by atoms with Gasteiger partial charge in [-0.1, -0.05) is 20.8 Å². The van der Waals surface area contributed by atoms with Crippen molar-refractivity contribution in [3.8, 4) is 0 Å². The van der Waals surface area contributed by atoms with Crippen LogP contribution in [0.4, 0.5) is 0 Å². The van der Waals surface area contributed by atoms with Gasteiger partial charge in [-0.05, 0) is 12.3 Å². The average Bonchev–Trinajstić information content (AvgIpc) is 2.71. The fourth-order valence-corrected chi connectivity index (χ4v) is 3.23. The lowest BCUT2D eigenvalue weighted by Crippen LogP contribution is -2.48. The van der Waals surface area contributed by atoms with Crippen molar-refractivity contribution in [3.63, 3.8) is 0 Å². The number of hydrogen-bond donors (Lipinski definition) is 0. The minimum atomic E-state index is 0.0904. The number of aromatic nitrogens is 1. The fourth-order valence-electron chi connectivity index (χ4n) is 2.09. The predicted octanol–water partition coefficient (Wildman–Crippen LogP) is 3.31. The Hall–Kier alpha value is -0.610. The Morgan fingerprint density at radius 3 is 2.72 bits per heavy atom. The van der Waals surface area contributed by atoms with Gasteiger partial charge < -0.3 is 4.90 Å². The summed E-state index contributed by atoms with van der Waals surface area (Å²) in [6.07, 6.45) is 0.842. The first kappa shape index (κ1) is 13.8. The lowest BCUT2D eigenvalue weighted by Gasteiger charge is -2.39. The molecule has 0 fully saturated rings. The Morgan fingerprint density at radius 1 is 1.50 bits per heavy atom. The summed E-state index contributed by atoms with van der Waals surface area (Å²) in [6.45, 7) is 9.37. The summed E-state index contributed by atoms with van der Waals surface area (Å²) in [5.41, 5.74) is 1.02. The minimum absolute atomic E-state index is 0.0904. The van der Waals surface area contributed by atoms with E-state index in [-0.39, 0.29) is 17.4 Å². The number of hydrogen-bond acceptors (Lipinski definition) is 3. The second-order valence-corrected chi connectivity index (χ2v) is 7.16. The molecule has 0 saturated carbocycles.